The minimum Gasteiger partial charge on any atom is -0.449 e. The molecule has 4 nitrogen and oxygen atoms in total. The van der Waals surface area contributed by atoms with Crippen molar-refractivity contribution in [2.24, 2.45) is 5.10 Å². The first kappa shape index (κ1) is 11.7. The van der Waals surface area contributed by atoms with Crippen molar-refractivity contribution in [1.82, 2.24) is 5.43 Å². The molecule has 0 spiro atoms. The lowest BCUT2D eigenvalue weighted by Gasteiger charge is -1.99. The highest BCUT2D eigenvalue weighted by molar-refractivity contribution is 9.10. The molecule has 5 heteroatoms. The second-order valence-electron chi connectivity index (χ2n) is 2.61. The summed E-state index contributed by atoms with van der Waals surface area (Å²) >= 11 is 3.36. The van der Waals surface area contributed by atoms with Gasteiger partial charge < -0.3 is 4.74 Å². The number of nitrogens with one attached hydrogen (secondary N) is 1. The van der Waals surface area contributed by atoms with Crippen molar-refractivity contribution in [3.63, 3.8) is 0 Å². The van der Waals surface area contributed by atoms with Crippen LogP contribution in [-0.4, -0.2) is 18.9 Å². The highest BCUT2D eigenvalue weighted by atomic mass is 79.9. The van der Waals surface area contributed by atoms with Gasteiger partial charge in [0.2, 0.25) is 0 Å². The summed E-state index contributed by atoms with van der Waals surface area (Å²) in [7, 11) is 0. The number of amides is 1. The van der Waals surface area contributed by atoms with Crippen molar-refractivity contribution in [1.29, 1.82) is 0 Å². The lowest BCUT2D eigenvalue weighted by Crippen LogP contribution is -2.18. The Balaban J connectivity index is 2.52. The number of rotatable bonds is 3. The van der Waals surface area contributed by atoms with Gasteiger partial charge in [-0.2, -0.15) is 5.10 Å². The Labute approximate surface area is 96.4 Å². The van der Waals surface area contributed by atoms with Crippen molar-refractivity contribution < 1.29 is 9.53 Å². The van der Waals surface area contributed by atoms with E-state index in [9.17, 15) is 4.79 Å². The van der Waals surface area contributed by atoms with Crippen LogP contribution in [0.5, 0.6) is 0 Å². The number of hydrogen-bond donors (Lipinski definition) is 1. The van der Waals surface area contributed by atoms with Gasteiger partial charge in [-0.15, -0.1) is 0 Å². The van der Waals surface area contributed by atoms with Gasteiger partial charge in [0.05, 0.1) is 12.8 Å². The van der Waals surface area contributed by atoms with E-state index in [1.807, 2.05) is 24.3 Å². The molecule has 0 saturated carbocycles. The molecule has 1 aromatic rings. The van der Waals surface area contributed by atoms with Crippen LogP contribution in [0.25, 0.3) is 0 Å². The van der Waals surface area contributed by atoms with E-state index >= 15 is 0 Å². The van der Waals surface area contributed by atoms with Crippen molar-refractivity contribution in [3.8, 4) is 0 Å². The Morgan fingerprint density at radius 2 is 2.33 bits per heavy atom. The molecule has 0 fully saturated rings. The lowest BCUT2D eigenvalue weighted by molar-refractivity contribution is 0.152. The minimum atomic E-state index is -0.555. The number of nitrogens with zero attached hydrogens (tertiary/aromatic N) is 1. The normalized spacial score (nSPS) is 10.3. The second-order valence-corrected chi connectivity index (χ2v) is 3.47. The van der Waals surface area contributed by atoms with E-state index < -0.39 is 6.09 Å². The van der Waals surface area contributed by atoms with Crippen molar-refractivity contribution >= 4 is 28.2 Å². The fraction of sp³-hybridized carbons (Fsp3) is 0.200. The third kappa shape index (κ3) is 4.12. The fourth-order valence-corrected chi connectivity index (χ4v) is 1.28. The van der Waals surface area contributed by atoms with Crippen LogP contribution < -0.4 is 5.43 Å². The minimum absolute atomic E-state index is 0.330. The lowest BCUT2D eigenvalue weighted by atomic mass is 10.2. The van der Waals surface area contributed by atoms with Gasteiger partial charge >= 0.3 is 6.09 Å². The van der Waals surface area contributed by atoms with Gasteiger partial charge in [-0.1, -0.05) is 34.1 Å². The van der Waals surface area contributed by atoms with Gasteiger partial charge in [0.25, 0.3) is 0 Å². The summed E-state index contributed by atoms with van der Waals surface area (Å²) in [6, 6.07) is 7.56. The molecule has 0 heterocycles. The third-order valence-corrected chi connectivity index (χ3v) is 2.26. The van der Waals surface area contributed by atoms with E-state index in [1.165, 1.54) is 0 Å². The first-order valence-electron chi connectivity index (χ1n) is 4.44. The van der Waals surface area contributed by atoms with Gasteiger partial charge in [0, 0.05) is 10.0 Å². The molecule has 1 N–H and O–H groups in total. The second kappa shape index (κ2) is 6.19. The number of halogens is 1. The van der Waals surface area contributed by atoms with E-state index in [0.717, 1.165) is 10.0 Å². The standard InChI is InChI=1S/C10H11BrN2O2/c1-2-15-10(14)13-12-7-8-5-3-4-6-9(8)11/h3-7H,2H2,1H3,(H,13,14)/b12-7+. The van der Waals surface area contributed by atoms with Crippen LogP contribution in [0.3, 0.4) is 0 Å². The van der Waals surface area contributed by atoms with Crippen LogP contribution in [0.2, 0.25) is 0 Å². The monoisotopic (exact) mass is 270 g/mol. The molecule has 1 aromatic carbocycles. The third-order valence-electron chi connectivity index (χ3n) is 1.54. The maximum Gasteiger partial charge on any atom is 0.427 e. The number of hydrogen-bond acceptors (Lipinski definition) is 3. The van der Waals surface area contributed by atoms with E-state index in [1.54, 1.807) is 13.1 Å². The van der Waals surface area contributed by atoms with Crippen LogP contribution in [0.1, 0.15) is 12.5 Å². The number of benzene rings is 1. The Morgan fingerprint density at radius 3 is 3.00 bits per heavy atom. The molecule has 0 atom stereocenters. The molecule has 0 saturated heterocycles. The average molecular weight is 271 g/mol. The van der Waals surface area contributed by atoms with Gasteiger partial charge in [-0.25, -0.2) is 10.2 Å². The predicted molar refractivity (Wildman–Crippen MR) is 61.9 cm³/mol. The van der Waals surface area contributed by atoms with Crippen molar-refractivity contribution in [3.05, 3.63) is 34.3 Å². The van der Waals surface area contributed by atoms with Gasteiger partial charge in [-0.3, -0.25) is 0 Å². The van der Waals surface area contributed by atoms with E-state index in [-0.39, 0.29) is 0 Å². The quantitative estimate of drug-likeness (QED) is 0.678. The molecular formula is C10H11BrN2O2. The number of ether oxygens (including phenoxy) is 1. The predicted octanol–water partition coefficient (Wildman–Crippen LogP) is 2.53. The smallest absolute Gasteiger partial charge is 0.427 e. The van der Waals surface area contributed by atoms with Crippen LogP contribution in [0.4, 0.5) is 4.79 Å². The Morgan fingerprint density at radius 1 is 1.60 bits per heavy atom. The van der Waals surface area contributed by atoms with Crippen molar-refractivity contribution in [2.75, 3.05) is 6.61 Å². The molecule has 0 aliphatic rings. The summed E-state index contributed by atoms with van der Waals surface area (Å²) in [5.74, 6) is 0. The number of carbonyl (C=O) groups is 1. The highest BCUT2D eigenvalue weighted by Crippen LogP contribution is 2.13. The number of carbonyl (C=O) groups excluding carboxylic acids is 1. The molecule has 0 bridgehead atoms. The van der Waals surface area contributed by atoms with Gasteiger partial charge in [0.15, 0.2) is 0 Å². The summed E-state index contributed by atoms with van der Waals surface area (Å²) in [5.41, 5.74) is 3.13. The summed E-state index contributed by atoms with van der Waals surface area (Å²) in [6.45, 7) is 2.06. The molecule has 1 amide bonds. The van der Waals surface area contributed by atoms with Gasteiger partial charge in [-0.05, 0) is 13.0 Å². The zero-order valence-electron chi connectivity index (χ0n) is 8.24. The zero-order valence-corrected chi connectivity index (χ0v) is 9.82. The molecule has 0 aliphatic carbocycles. The number of hydrazone groups is 1. The van der Waals surface area contributed by atoms with Crippen LogP contribution >= 0.6 is 15.9 Å². The molecule has 0 aliphatic heterocycles. The molecular weight excluding hydrogens is 260 g/mol. The Hall–Kier alpha value is -1.36. The summed E-state index contributed by atoms with van der Waals surface area (Å²) in [6.07, 6.45) is 0.988. The van der Waals surface area contributed by atoms with E-state index in [0.29, 0.717) is 6.61 Å². The van der Waals surface area contributed by atoms with E-state index in [4.69, 9.17) is 0 Å². The average Bonchev–Trinajstić information content (AvgIpc) is 2.21. The molecule has 15 heavy (non-hydrogen) atoms. The van der Waals surface area contributed by atoms with E-state index in [2.05, 4.69) is 31.2 Å². The molecule has 0 radical (unpaired) electrons. The highest BCUT2D eigenvalue weighted by Gasteiger charge is 1.96. The van der Waals surface area contributed by atoms with Crippen LogP contribution in [-0.2, 0) is 4.74 Å². The molecule has 0 unspecified atom stereocenters. The molecule has 0 aromatic heterocycles. The maximum absolute atomic E-state index is 10.9. The fourth-order valence-electron chi connectivity index (χ4n) is 0.898. The SMILES string of the molecule is CCOC(=O)N/N=C/c1ccccc1Br. The largest absolute Gasteiger partial charge is 0.449 e. The maximum atomic E-state index is 10.9. The summed E-state index contributed by atoms with van der Waals surface area (Å²) < 4.78 is 5.55. The Kier molecular flexibility index (Phi) is 4.83. The molecule has 80 valence electrons. The Bertz CT molecular complexity index is 366. The van der Waals surface area contributed by atoms with Gasteiger partial charge in [0.1, 0.15) is 0 Å². The van der Waals surface area contributed by atoms with Crippen LogP contribution in [0, 0.1) is 0 Å². The zero-order chi connectivity index (χ0) is 11.1. The summed E-state index contributed by atoms with van der Waals surface area (Å²) in [4.78, 5) is 10.9. The van der Waals surface area contributed by atoms with Crippen LogP contribution in [0.15, 0.2) is 33.8 Å². The first-order chi connectivity index (χ1) is 7.24. The van der Waals surface area contributed by atoms with Crippen molar-refractivity contribution in [2.45, 2.75) is 6.92 Å². The first-order valence-corrected chi connectivity index (χ1v) is 5.23. The summed E-state index contributed by atoms with van der Waals surface area (Å²) in [5, 5.41) is 3.74. The molecule has 1 rings (SSSR count). The topological polar surface area (TPSA) is 50.7 Å².